The molecule has 1 heterocycles. The zero-order valence-electron chi connectivity index (χ0n) is 13.7. The van der Waals surface area contributed by atoms with E-state index < -0.39 is 10.0 Å². The standard InChI is InChI=1S/C16H25N3O3S/c1-3-4-10-17-16(20)13(2)18-14-6-8-15(9-7-14)19-11-5-12-23(19,21)22/h6-9,13,18H,3-5,10-12H2,1-2H3,(H,17,20)/t13-/m0/s1. The van der Waals surface area contributed by atoms with Gasteiger partial charge in [-0.15, -0.1) is 0 Å². The van der Waals surface area contributed by atoms with Gasteiger partial charge in [0.2, 0.25) is 15.9 Å². The molecule has 0 spiro atoms. The number of rotatable bonds is 7. The fraction of sp³-hybridized carbons (Fsp3) is 0.562. The summed E-state index contributed by atoms with van der Waals surface area (Å²) in [6, 6.07) is 6.81. The van der Waals surface area contributed by atoms with Gasteiger partial charge in [-0.25, -0.2) is 8.42 Å². The Labute approximate surface area is 138 Å². The summed E-state index contributed by atoms with van der Waals surface area (Å²) < 4.78 is 25.2. The number of benzene rings is 1. The monoisotopic (exact) mass is 339 g/mol. The summed E-state index contributed by atoms with van der Waals surface area (Å²) in [4.78, 5) is 11.9. The van der Waals surface area contributed by atoms with Gasteiger partial charge in [-0.2, -0.15) is 0 Å². The number of sulfonamides is 1. The Balaban J connectivity index is 1.93. The van der Waals surface area contributed by atoms with Crippen LogP contribution >= 0.6 is 0 Å². The summed E-state index contributed by atoms with van der Waals surface area (Å²) in [5.74, 6) is 0.173. The Bertz CT molecular complexity index is 628. The number of hydrogen-bond donors (Lipinski definition) is 2. The van der Waals surface area contributed by atoms with E-state index in [-0.39, 0.29) is 17.7 Å². The topological polar surface area (TPSA) is 78.5 Å². The second-order valence-corrected chi connectivity index (χ2v) is 7.81. The maximum absolute atomic E-state index is 11.9. The number of carbonyl (C=O) groups is 1. The highest BCUT2D eigenvalue weighted by Gasteiger charge is 2.28. The van der Waals surface area contributed by atoms with Gasteiger partial charge in [0.1, 0.15) is 6.04 Å². The number of carbonyl (C=O) groups excluding carboxylic acids is 1. The number of nitrogens with zero attached hydrogens (tertiary/aromatic N) is 1. The molecule has 1 amide bonds. The molecule has 0 aliphatic carbocycles. The molecule has 0 saturated carbocycles. The molecule has 6 nitrogen and oxygen atoms in total. The Morgan fingerprint density at radius 2 is 2.00 bits per heavy atom. The third kappa shape index (κ3) is 4.60. The summed E-state index contributed by atoms with van der Waals surface area (Å²) in [6.07, 6.45) is 2.68. The summed E-state index contributed by atoms with van der Waals surface area (Å²) in [6.45, 7) is 5.11. The zero-order valence-corrected chi connectivity index (χ0v) is 14.5. The van der Waals surface area contributed by atoms with E-state index in [1.165, 1.54) is 4.31 Å². The highest BCUT2D eigenvalue weighted by Crippen LogP contribution is 2.25. The molecule has 1 aromatic rings. The Hall–Kier alpha value is -1.76. The van der Waals surface area contributed by atoms with Gasteiger partial charge in [0.15, 0.2) is 0 Å². The van der Waals surface area contributed by atoms with Gasteiger partial charge in [0.25, 0.3) is 0 Å². The molecule has 0 aromatic heterocycles. The predicted octanol–water partition coefficient (Wildman–Crippen LogP) is 1.94. The third-order valence-corrected chi connectivity index (χ3v) is 5.73. The van der Waals surface area contributed by atoms with E-state index in [2.05, 4.69) is 17.6 Å². The molecule has 2 rings (SSSR count). The molecular formula is C16H25N3O3S. The lowest BCUT2D eigenvalue weighted by Crippen LogP contribution is -2.38. The van der Waals surface area contributed by atoms with Crippen molar-refractivity contribution >= 4 is 27.3 Å². The summed E-state index contributed by atoms with van der Waals surface area (Å²) in [5.41, 5.74) is 1.47. The molecule has 0 unspecified atom stereocenters. The number of anilines is 2. The first kappa shape index (κ1) is 17.6. The average molecular weight is 339 g/mol. The molecule has 1 aliphatic heterocycles. The van der Waals surface area contributed by atoms with Gasteiger partial charge in [-0.05, 0) is 44.0 Å². The van der Waals surface area contributed by atoms with Crippen LogP contribution in [0.25, 0.3) is 0 Å². The second-order valence-electron chi connectivity index (χ2n) is 5.80. The van der Waals surface area contributed by atoms with Crippen molar-refractivity contribution in [3.8, 4) is 0 Å². The molecule has 23 heavy (non-hydrogen) atoms. The van der Waals surface area contributed by atoms with Crippen LogP contribution in [0.5, 0.6) is 0 Å². The van der Waals surface area contributed by atoms with E-state index in [9.17, 15) is 13.2 Å². The van der Waals surface area contributed by atoms with E-state index in [4.69, 9.17) is 0 Å². The number of hydrogen-bond acceptors (Lipinski definition) is 4. The smallest absolute Gasteiger partial charge is 0.242 e. The molecule has 1 aliphatic rings. The van der Waals surface area contributed by atoms with Gasteiger partial charge in [-0.3, -0.25) is 9.10 Å². The summed E-state index contributed by atoms with van der Waals surface area (Å²) >= 11 is 0. The summed E-state index contributed by atoms with van der Waals surface area (Å²) in [7, 11) is -3.15. The molecule has 128 valence electrons. The minimum Gasteiger partial charge on any atom is -0.374 e. The van der Waals surface area contributed by atoms with Crippen molar-refractivity contribution in [1.29, 1.82) is 0 Å². The highest BCUT2D eigenvalue weighted by molar-refractivity contribution is 7.93. The van der Waals surface area contributed by atoms with E-state index in [1.807, 2.05) is 0 Å². The van der Waals surface area contributed by atoms with Crippen LogP contribution in [0.3, 0.4) is 0 Å². The van der Waals surface area contributed by atoms with E-state index in [0.717, 1.165) is 18.5 Å². The Morgan fingerprint density at radius 1 is 1.30 bits per heavy atom. The van der Waals surface area contributed by atoms with Crippen molar-refractivity contribution in [3.63, 3.8) is 0 Å². The fourth-order valence-electron chi connectivity index (χ4n) is 2.51. The molecule has 1 aromatic carbocycles. The summed E-state index contributed by atoms with van der Waals surface area (Å²) in [5, 5.41) is 6.01. The molecule has 1 fully saturated rings. The number of amides is 1. The Kier molecular flexibility index (Phi) is 5.87. The van der Waals surface area contributed by atoms with Gasteiger partial charge >= 0.3 is 0 Å². The zero-order chi connectivity index (χ0) is 16.9. The van der Waals surface area contributed by atoms with Gasteiger partial charge < -0.3 is 10.6 Å². The van der Waals surface area contributed by atoms with Crippen LogP contribution < -0.4 is 14.9 Å². The lowest BCUT2D eigenvalue weighted by Gasteiger charge is -2.19. The lowest BCUT2D eigenvalue weighted by atomic mass is 10.2. The van der Waals surface area contributed by atoms with Crippen LogP contribution in [-0.4, -0.2) is 39.2 Å². The fourth-order valence-corrected chi connectivity index (χ4v) is 4.07. The van der Waals surface area contributed by atoms with Crippen molar-refractivity contribution in [2.24, 2.45) is 0 Å². The Morgan fingerprint density at radius 3 is 2.57 bits per heavy atom. The van der Waals surface area contributed by atoms with E-state index >= 15 is 0 Å². The third-order valence-electron chi connectivity index (χ3n) is 3.86. The molecule has 0 bridgehead atoms. The van der Waals surface area contributed by atoms with Crippen LogP contribution in [0.4, 0.5) is 11.4 Å². The average Bonchev–Trinajstić information content (AvgIpc) is 2.87. The van der Waals surface area contributed by atoms with Gasteiger partial charge in [0, 0.05) is 18.8 Å². The first-order valence-corrected chi connectivity index (χ1v) is 9.69. The number of unbranched alkanes of at least 4 members (excludes halogenated alkanes) is 1. The van der Waals surface area contributed by atoms with Gasteiger partial charge in [0.05, 0.1) is 11.4 Å². The largest absolute Gasteiger partial charge is 0.374 e. The lowest BCUT2D eigenvalue weighted by molar-refractivity contribution is -0.121. The minimum atomic E-state index is -3.15. The maximum Gasteiger partial charge on any atom is 0.242 e. The van der Waals surface area contributed by atoms with Crippen LogP contribution in [0.1, 0.15) is 33.1 Å². The van der Waals surface area contributed by atoms with E-state index in [0.29, 0.717) is 25.2 Å². The van der Waals surface area contributed by atoms with Crippen LogP contribution in [-0.2, 0) is 14.8 Å². The minimum absolute atomic E-state index is 0.0374. The predicted molar refractivity (Wildman–Crippen MR) is 93.2 cm³/mol. The molecule has 1 atom stereocenters. The van der Waals surface area contributed by atoms with Crippen LogP contribution in [0.2, 0.25) is 0 Å². The molecule has 2 N–H and O–H groups in total. The first-order valence-electron chi connectivity index (χ1n) is 8.09. The van der Waals surface area contributed by atoms with Crippen LogP contribution in [0.15, 0.2) is 24.3 Å². The number of nitrogens with one attached hydrogen (secondary N) is 2. The normalized spacial score (nSPS) is 17.7. The molecule has 1 saturated heterocycles. The van der Waals surface area contributed by atoms with Crippen LogP contribution in [0, 0.1) is 0 Å². The van der Waals surface area contributed by atoms with Crippen molar-refractivity contribution in [1.82, 2.24) is 5.32 Å². The van der Waals surface area contributed by atoms with Crippen molar-refractivity contribution in [2.45, 2.75) is 39.2 Å². The van der Waals surface area contributed by atoms with Gasteiger partial charge in [-0.1, -0.05) is 13.3 Å². The molecular weight excluding hydrogens is 314 g/mol. The van der Waals surface area contributed by atoms with Crippen molar-refractivity contribution < 1.29 is 13.2 Å². The maximum atomic E-state index is 11.9. The first-order chi connectivity index (χ1) is 10.9. The van der Waals surface area contributed by atoms with E-state index in [1.54, 1.807) is 31.2 Å². The SMILES string of the molecule is CCCCNC(=O)[C@H](C)Nc1ccc(N2CCCS2(=O)=O)cc1. The highest BCUT2D eigenvalue weighted by atomic mass is 32.2. The molecule has 7 heteroatoms. The van der Waals surface area contributed by atoms with Crippen molar-refractivity contribution in [2.75, 3.05) is 28.5 Å². The second kappa shape index (κ2) is 7.68. The quantitative estimate of drug-likeness (QED) is 0.744. The van der Waals surface area contributed by atoms with Crippen molar-refractivity contribution in [3.05, 3.63) is 24.3 Å². The molecule has 0 radical (unpaired) electrons.